The molecule has 1 aliphatic rings. The number of nitrogens with one attached hydrogen (secondary N) is 2. The summed E-state index contributed by atoms with van der Waals surface area (Å²) in [6.45, 7) is 3.31. The zero-order chi connectivity index (χ0) is 13.4. The molecule has 0 aromatic carbocycles. The predicted molar refractivity (Wildman–Crippen MR) is 70.9 cm³/mol. The molecule has 104 valence electrons. The van der Waals surface area contributed by atoms with Gasteiger partial charge in [0.15, 0.2) is 0 Å². The maximum absolute atomic E-state index is 11.7. The van der Waals surface area contributed by atoms with Gasteiger partial charge in [0.25, 0.3) is 0 Å². The first-order chi connectivity index (χ1) is 8.67. The Morgan fingerprint density at radius 3 is 2.61 bits per heavy atom. The van der Waals surface area contributed by atoms with Crippen LogP contribution in [0.1, 0.15) is 45.4 Å². The summed E-state index contributed by atoms with van der Waals surface area (Å²) >= 11 is 0. The van der Waals surface area contributed by atoms with E-state index in [0.29, 0.717) is 19.0 Å². The van der Waals surface area contributed by atoms with Crippen molar-refractivity contribution in [2.45, 2.75) is 51.5 Å². The van der Waals surface area contributed by atoms with Crippen LogP contribution in [0.25, 0.3) is 0 Å². The standard InChI is InChI=1S/C13H25N3O2/c1-2-8-15-12(17)6-7-13(18)16-11-5-3-4-10(11)9-14/h10-11H,2-9,14H2,1H3,(H,15,17)(H,16,18). The van der Waals surface area contributed by atoms with Gasteiger partial charge in [0.05, 0.1) is 0 Å². The summed E-state index contributed by atoms with van der Waals surface area (Å²) in [6.07, 6.45) is 4.69. The number of carbonyl (C=O) groups is 2. The predicted octanol–water partition coefficient (Wildman–Crippen LogP) is 0.536. The van der Waals surface area contributed by atoms with Crippen molar-refractivity contribution >= 4 is 11.8 Å². The maximum atomic E-state index is 11.7. The molecule has 1 fully saturated rings. The number of carbonyl (C=O) groups excluding carboxylic acids is 2. The van der Waals surface area contributed by atoms with Crippen molar-refractivity contribution in [1.29, 1.82) is 0 Å². The van der Waals surface area contributed by atoms with Crippen molar-refractivity contribution in [3.63, 3.8) is 0 Å². The molecule has 0 aliphatic heterocycles. The van der Waals surface area contributed by atoms with Crippen molar-refractivity contribution in [2.24, 2.45) is 11.7 Å². The third-order valence-electron chi connectivity index (χ3n) is 3.46. The van der Waals surface area contributed by atoms with E-state index in [4.69, 9.17) is 5.73 Å². The van der Waals surface area contributed by atoms with Crippen LogP contribution >= 0.6 is 0 Å². The van der Waals surface area contributed by atoms with E-state index in [9.17, 15) is 9.59 Å². The van der Waals surface area contributed by atoms with Gasteiger partial charge in [0.1, 0.15) is 0 Å². The molecular formula is C13H25N3O2. The molecule has 0 aromatic rings. The lowest BCUT2D eigenvalue weighted by molar-refractivity contribution is -0.126. The number of hydrogen-bond acceptors (Lipinski definition) is 3. The zero-order valence-corrected chi connectivity index (χ0v) is 11.2. The van der Waals surface area contributed by atoms with Gasteiger partial charge in [-0.05, 0) is 31.7 Å². The quantitative estimate of drug-likeness (QED) is 0.620. The van der Waals surface area contributed by atoms with E-state index in [1.54, 1.807) is 0 Å². The van der Waals surface area contributed by atoms with Gasteiger partial charge in [-0.25, -0.2) is 0 Å². The number of amides is 2. The van der Waals surface area contributed by atoms with E-state index in [1.807, 2.05) is 6.92 Å². The topological polar surface area (TPSA) is 84.2 Å². The Kier molecular flexibility index (Phi) is 6.72. The number of hydrogen-bond donors (Lipinski definition) is 3. The van der Waals surface area contributed by atoms with Crippen LogP contribution in [-0.4, -0.2) is 30.9 Å². The summed E-state index contributed by atoms with van der Waals surface area (Å²) in [5, 5.41) is 5.75. The van der Waals surface area contributed by atoms with E-state index in [-0.39, 0.29) is 30.7 Å². The second-order valence-electron chi connectivity index (χ2n) is 4.95. The first kappa shape index (κ1) is 15.0. The Bertz CT molecular complexity index is 281. The highest BCUT2D eigenvalue weighted by Crippen LogP contribution is 2.24. The van der Waals surface area contributed by atoms with Gasteiger partial charge in [-0.1, -0.05) is 13.3 Å². The second-order valence-corrected chi connectivity index (χ2v) is 4.95. The molecule has 1 aliphatic carbocycles. The van der Waals surface area contributed by atoms with Crippen molar-refractivity contribution in [1.82, 2.24) is 10.6 Å². The summed E-state index contributed by atoms with van der Waals surface area (Å²) in [5.41, 5.74) is 5.66. The molecule has 18 heavy (non-hydrogen) atoms. The van der Waals surface area contributed by atoms with Crippen molar-refractivity contribution in [2.75, 3.05) is 13.1 Å². The average Bonchev–Trinajstić information content (AvgIpc) is 2.81. The highest BCUT2D eigenvalue weighted by molar-refractivity contribution is 5.83. The summed E-state index contributed by atoms with van der Waals surface area (Å²) in [5.74, 6) is 0.323. The highest BCUT2D eigenvalue weighted by atomic mass is 16.2. The maximum Gasteiger partial charge on any atom is 0.220 e. The van der Waals surface area contributed by atoms with Gasteiger partial charge in [0, 0.05) is 25.4 Å². The van der Waals surface area contributed by atoms with Crippen LogP contribution in [0, 0.1) is 5.92 Å². The number of rotatable bonds is 7. The molecule has 1 saturated carbocycles. The van der Waals surface area contributed by atoms with E-state index in [1.165, 1.54) is 0 Å². The lowest BCUT2D eigenvalue weighted by atomic mass is 10.0. The zero-order valence-electron chi connectivity index (χ0n) is 11.2. The number of nitrogens with two attached hydrogens (primary N) is 1. The molecule has 4 N–H and O–H groups in total. The lowest BCUT2D eigenvalue weighted by Gasteiger charge is -2.19. The van der Waals surface area contributed by atoms with Crippen molar-refractivity contribution in [3.8, 4) is 0 Å². The summed E-state index contributed by atoms with van der Waals surface area (Å²) in [4.78, 5) is 23.1. The van der Waals surface area contributed by atoms with Gasteiger partial charge in [0.2, 0.25) is 11.8 Å². The Morgan fingerprint density at radius 1 is 1.22 bits per heavy atom. The Balaban J connectivity index is 2.19. The van der Waals surface area contributed by atoms with E-state index < -0.39 is 0 Å². The summed E-state index contributed by atoms with van der Waals surface area (Å²) in [7, 11) is 0. The van der Waals surface area contributed by atoms with Crippen LogP contribution in [-0.2, 0) is 9.59 Å². The molecule has 2 atom stereocenters. The third-order valence-corrected chi connectivity index (χ3v) is 3.46. The van der Waals surface area contributed by atoms with E-state index >= 15 is 0 Å². The minimum atomic E-state index is -0.0474. The molecule has 5 heteroatoms. The average molecular weight is 255 g/mol. The molecule has 0 radical (unpaired) electrons. The summed E-state index contributed by atoms with van der Waals surface area (Å²) < 4.78 is 0. The molecule has 5 nitrogen and oxygen atoms in total. The van der Waals surface area contributed by atoms with Crippen LogP contribution in [0.2, 0.25) is 0 Å². The monoisotopic (exact) mass is 255 g/mol. The first-order valence-corrected chi connectivity index (χ1v) is 6.93. The highest BCUT2D eigenvalue weighted by Gasteiger charge is 2.27. The fourth-order valence-electron chi connectivity index (χ4n) is 2.37. The van der Waals surface area contributed by atoms with Gasteiger partial charge in [-0.3, -0.25) is 9.59 Å². The first-order valence-electron chi connectivity index (χ1n) is 6.93. The third kappa shape index (κ3) is 5.04. The van der Waals surface area contributed by atoms with Crippen LogP contribution in [0.3, 0.4) is 0 Å². The van der Waals surface area contributed by atoms with Crippen LogP contribution in [0.5, 0.6) is 0 Å². The van der Waals surface area contributed by atoms with E-state index in [2.05, 4.69) is 10.6 Å². The normalized spacial score (nSPS) is 22.8. The fraction of sp³-hybridized carbons (Fsp3) is 0.846. The van der Waals surface area contributed by atoms with Gasteiger partial charge in [-0.2, -0.15) is 0 Å². The molecule has 0 saturated heterocycles. The molecule has 2 amide bonds. The van der Waals surface area contributed by atoms with Crippen LogP contribution in [0.15, 0.2) is 0 Å². The smallest absolute Gasteiger partial charge is 0.220 e. The molecule has 0 bridgehead atoms. The molecule has 0 spiro atoms. The molecule has 0 heterocycles. The minimum absolute atomic E-state index is 0.0352. The molecule has 1 rings (SSSR count). The van der Waals surface area contributed by atoms with Crippen molar-refractivity contribution < 1.29 is 9.59 Å². The van der Waals surface area contributed by atoms with Crippen LogP contribution < -0.4 is 16.4 Å². The Labute approximate surface area is 109 Å². The van der Waals surface area contributed by atoms with Gasteiger partial charge in [-0.15, -0.1) is 0 Å². The molecule has 2 unspecified atom stereocenters. The van der Waals surface area contributed by atoms with Crippen LogP contribution in [0.4, 0.5) is 0 Å². The van der Waals surface area contributed by atoms with Crippen molar-refractivity contribution in [3.05, 3.63) is 0 Å². The fourth-order valence-corrected chi connectivity index (χ4v) is 2.37. The lowest BCUT2D eigenvalue weighted by Crippen LogP contribution is -2.40. The van der Waals surface area contributed by atoms with Gasteiger partial charge < -0.3 is 16.4 Å². The Morgan fingerprint density at radius 2 is 1.94 bits per heavy atom. The SMILES string of the molecule is CCCNC(=O)CCC(=O)NC1CCCC1CN. The minimum Gasteiger partial charge on any atom is -0.356 e. The molecular weight excluding hydrogens is 230 g/mol. The molecule has 0 aromatic heterocycles. The van der Waals surface area contributed by atoms with Gasteiger partial charge >= 0.3 is 0 Å². The largest absolute Gasteiger partial charge is 0.356 e. The van der Waals surface area contributed by atoms with E-state index in [0.717, 1.165) is 25.7 Å². The summed E-state index contributed by atoms with van der Waals surface area (Å²) in [6, 6.07) is 0.209. The Hall–Kier alpha value is -1.10. The second kappa shape index (κ2) is 8.08.